The lowest BCUT2D eigenvalue weighted by molar-refractivity contribution is -0.119. The molecule has 0 aliphatic carbocycles. The summed E-state index contributed by atoms with van der Waals surface area (Å²) < 4.78 is 57.9. The van der Waals surface area contributed by atoms with Crippen LogP contribution in [0.3, 0.4) is 0 Å². The molecule has 0 unspecified atom stereocenters. The number of fused-ring (bicyclic) bond motifs is 1. The summed E-state index contributed by atoms with van der Waals surface area (Å²) in [6.45, 7) is -0.203. The number of nitrogens with zero attached hydrogens (tertiary/aromatic N) is 1. The number of nitrogens with one attached hydrogen (secondary N) is 1. The highest BCUT2D eigenvalue weighted by Gasteiger charge is 2.28. The van der Waals surface area contributed by atoms with E-state index in [2.05, 4.69) is 5.32 Å². The van der Waals surface area contributed by atoms with E-state index < -0.39 is 28.3 Å². The van der Waals surface area contributed by atoms with E-state index in [-0.39, 0.29) is 29.5 Å². The van der Waals surface area contributed by atoms with Gasteiger partial charge in [-0.15, -0.1) is 0 Å². The maximum Gasteiger partial charge on any atom is 0.264 e. The van der Waals surface area contributed by atoms with Gasteiger partial charge in [0.05, 0.1) is 31.3 Å². The predicted octanol–water partition coefficient (Wildman–Crippen LogP) is 4.39. The number of hydrogen-bond acceptors (Lipinski definition) is 6. The number of rotatable bonds is 11. The minimum Gasteiger partial charge on any atom is -0.493 e. The summed E-state index contributed by atoms with van der Waals surface area (Å²) >= 11 is 0. The van der Waals surface area contributed by atoms with Crippen LogP contribution in [0.4, 0.5) is 10.1 Å². The van der Waals surface area contributed by atoms with Crippen molar-refractivity contribution in [3.8, 4) is 17.2 Å². The maximum absolute atomic E-state index is 13.6. The average Bonchev–Trinajstić information content (AvgIpc) is 2.94. The van der Waals surface area contributed by atoms with Gasteiger partial charge < -0.3 is 19.5 Å². The Morgan fingerprint density at radius 1 is 0.868 bits per heavy atom. The van der Waals surface area contributed by atoms with Crippen molar-refractivity contribution >= 4 is 32.4 Å². The highest BCUT2D eigenvalue weighted by Crippen LogP contribution is 2.32. The van der Waals surface area contributed by atoms with E-state index in [1.807, 2.05) is 42.5 Å². The van der Waals surface area contributed by atoms with E-state index in [0.717, 1.165) is 27.2 Å². The van der Waals surface area contributed by atoms with Crippen molar-refractivity contribution in [2.24, 2.45) is 0 Å². The van der Waals surface area contributed by atoms with Gasteiger partial charge in [-0.1, -0.05) is 36.4 Å². The van der Waals surface area contributed by atoms with Crippen molar-refractivity contribution in [2.75, 3.05) is 38.2 Å². The Labute approximate surface area is 220 Å². The summed E-state index contributed by atoms with van der Waals surface area (Å²) in [4.78, 5) is 12.7. The van der Waals surface area contributed by atoms with E-state index in [1.54, 1.807) is 0 Å². The minimum absolute atomic E-state index is 0.119. The van der Waals surface area contributed by atoms with Crippen LogP contribution in [-0.4, -0.2) is 48.2 Å². The molecule has 0 aromatic heterocycles. The molecule has 0 fully saturated rings. The molecule has 0 spiro atoms. The van der Waals surface area contributed by atoms with Gasteiger partial charge in [-0.25, -0.2) is 12.8 Å². The van der Waals surface area contributed by atoms with Gasteiger partial charge in [0, 0.05) is 11.5 Å². The second kappa shape index (κ2) is 11.8. The lowest BCUT2D eigenvalue weighted by atomic mass is 10.1. The van der Waals surface area contributed by atoms with Gasteiger partial charge in [0.25, 0.3) is 10.0 Å². The summed E-state index contributed by atoms with van der Waals surface area (Å²) in [5, 5.41) is 4.67. The van der Waals surface area contributed by atoms with Crippen LogP contribution in [0.15, 0.2) is 89.8 Å². The Morgan fingerprint density at radius 3 is 2.32 bits per heavy atom. The van der Waals surface area contributed by atoms with Gasteiger partial charge in [-0.3, -0.25) is 9.10 Å². The first-order chi connectivity index (χ1) is 18.3. The van der Waals surface area contributed by atoms with E-state index in [1.165, 1.54) is 44.6 Å². The average molecular weight is 539 g/mol. The van der Waals surface area contributed by atoms with Crippen LogP contribution in [0.1, 0.15) is 0 Å². The molecule has 0 saturated carbocycles. The van der Waals surface area contributed by atoms with E-state index in [0.29, 0.717) is 11.5 Å². The molecule has 4 aromatic carbocycles. The highest BCUT2D eigenvalue weighted by atomic mass is 32.2. The molecule has 0 radical (unpaired) electrons. The molecule has 0 aliphatic rings. The molecule has 0 atom stereocenters. The molecular weight excluding hydrogens is 511 g/mol. The number of carbonyl (C=O) groups is 1. The first kappa shape index (κ1) is 26.7. The van der Waals surface area contributed by atoms with Crippen molar-refractivity contribution in [3.05, 3.63) is 90.7 Å². The van der Waals surface area contributed by atoms with E-state index in [9.17, 15) is 17.6 Å². The molecule has 38 heavy (non-hydrogen) atoms. The second-order valence-electron chi connectivity index (χ2n) is 8.18. The Hall–Kier alpha value is -4.31. The zero-order valence-electron chi connectivity index (χ0n) is 20.9. The summed E-state index contributed by atoms with van der Waals surface area (Å²) in [6, 6.07) is 22.5. The Kier molecular flexibility index (Phi) is 8.32. The molecule has 1 N–H and O–H groups in total. The Balaban J connectivity index is 1.48. The standard InChI is InChI=1S/C28H27FN2O6S/c1-35-26-15-14-23(18-27(26)36-2)38(33,34)31(22-12-10-21(29)11-13-22)19-28(32)30-16-17-37-25-9-5-7-20-6-3-4-8-24(20)25/h3-15,18H,16-17,19H2,1-2H3,(H,30,32). The zero-order valence-corrected chi connectivity index (χ0v) is 21.7. The Morgan fingerprint density at radius 2 is 1.58 bits per heavy atom. The Bertz CT molecular complexity index is 1520. The fraction of sp³-hybridized carbons (Fsp3) is 0.179. The number of ether oxygens (including phenoxy) is 3. The van der Waals surface area contributed by atoms with Crippen LogP contribution >= 0.6 is 0 Å². The van der Waals surface area contributed by atoms with Crippen LogP contribution in [0.2, 0.25) is 0 Å². The van der Waals surface area contributed by atoms with Gasteiger partial charge in [0.15, 0.2) is 11.5 Å². The molecule has 0 saturated heterocycles. The number of benzene rings is 4. The first-order valence-corrected chi connectivity index (χ1v) is 13.1. The van der Waals surface area contributed by atoms with Gasteiger partial charge in [-0.2, -0.15) is 0 Å². The lowest BCUT2D eigenvalue weighted by Gasteiger charge is -2.24. The molecule has 1 amide bonds. The maximum atomic E-state index is 13.6. The van der Waals surface area contributed by atoms with Crippen LogP contribution < -0.4 is 23.8 Å². The molecule has 0 heterocycles. The SMILES string of the molecule is COc1ccc(S(=O)(=O)N(CC(=O)NCCOc2cccc3ccccc23)c2ccc(F)cc2)cc1OC. The smallest absolute Gasteiger partial charge is 0.264 e. The number of amides is 1. The van der Waals surface area contributed by atoms with Crippen molar-refractivity contribution in [1.82, 2.24) is 5.32 Å². The third-order valence-electron chi connectivity index (χ3n) is 5.78. The molecule has 4 rings (SSSR count). The first-order valence-electron chi connectivity index (χ1n) is 11.7. The topological polar surface area (TPSA) is 94.2 Å². The van der Waals surface area contributed by atoms with E-state index in [4.69, 9.17) is 14.2 Å². The third-order valence-corrected chi connectivity index (χ3v) is 7.55. The molecule has 0 aliphatic heterocycles. The summed E-state index contributed by atoms with van der Waals surface area (Å²) in [5.74, 6) is 0.153. The summed E-state index contributed by atoms with van der Waals surface area (Å²) in [5.41, 5.74) is 0.128. The zero-order chi connectivity index (χ0) is 27.1. The van der Waals surface area contributed by atoms with Crippen molar-refractivity contribution in [3.63, 3.8) is 0 Å². The van der Waals surface area contributed by atoms with Gasteiger partial charge in [0.2, 0.25) is 5.91 Å². The number of anilines is 1. The number of halogens is 1. The molecule has 198 valence electrons. The molecule has 10 heteroatoms. The van der Waals surface area contributed by atoms with Crippen molar-refractivity contribution < 1.29 is 31.8 Å². The lowest BCUT2D eigenvalue weighted by Crippen LogP contribution is -2.42. The monoisotopic (exact) mass is 538 g/mol. The predicted molar refractivity (Wildman–Crippen MR) is 143 cm³/mol. The summed E-state index contributed by atoms with van der Waals surface area (Å²) in [6.07, 6.45) is 0. The normalized spacial score (nSPS) is 11.1. The highest BCUT2D eigenvalue weighted by molar-refractivity contribution is 7.92. The number of sulfonamides is 1. The fourth-order valence-electron chi connectivity index (χ4n) is 3.89. The van der Waals surface area contributed by atoms with Gasteiger partial charge in [0.1, 0.15) is 24.7 Å². The number of methoxy groups -OCH3 is 2. The number of hydrogen-bond donors (Lipinski definition) is 1. The molecule has 4 aromatic rings. The summed E-state index contributed by atoms with van der Waals surface area (Å²) in [7, 11) is -1.41. The van der Waals surface area contributed by atoms with E-state index >= 15 is 0 Å². The quantitative estimate of drug-likeness (QED) is 0.285. The third kappa shape index (κ3) is 5.97. The second-order valence-corrected chi connectivity index (χ2v) is 10.0. The molecule has 8 nitrogen and oxygen atoms in total. The van der Waals surface area contributed by atoms with Crippen LogP contribution in [-0.2, 0) is 14.8 Å². The van der Waals surface area contributed by atoms with Crippen LogP contribution in [0, 0.1) is 5.82 Å². The van der Waals surface area contributed by atoms with Crippen LogP contribution in [0.25, 0.3) is 10.8 Å². The van der Waals surface area contributed by atoms with Gasteiger partial charge >= 0.3 is 0 Å². The number of carbonyl (C=O) groups excluding carboxylic acids is 1. The minimum atomic E-state index is -4.23. The van der Waals surface area contributed by atoms with Crippen molar-refractivity contribution in [2.45, 2.75) is 4.90 Å². The molecule has 0 bridgehead atoms. The van der Waals surface area contributed by atoms with Crippen molar-refractivity contribution in [1.29, 1.82) is 0 Å². The largest absolute Gasteiger partial charge is 0.493 e. The van der Waals surface area contributed by atoms with Crippen LogP contribution in [0.5, 0.6) is 17.2 Å². The fourth-order valence-corrected chi connectivity index (χ4v) is 5.32. The van der Waals surface area contributed by atoms with Gasteiger partial charge in [-0.05, 0) is 47.9 Å². The molecular formula is C28H27FN2O6S.